The Labute approximate surface area is 265 Å². The first-order valence-corrected chi connectivity index (χ1v) is 17.6. The number of hydrogen-bond acceptors (Lipinski definition) is 6. The molecule has 45 heavy (non-hydrogen) atoms. The highest BCUT2D eigenvalue weighted by atomic mass is 31.2. The van der Waals surface area contributed by atoms with E-state index in [1.165, 1.54) is 54.2 Å². The van der Waals surface area contributed by atoms with E-state index in [4.69, 9.17) is 27.1 Å². The maximum Gasteiger partial charge on any atom is 0.332 e. The summed E-state index contributed by atoms with van der Waals surface area (Å²) in [6.45, 7) is 2.98. The van der Waals surface area contributed by atoms with Crippen LogP contribution in [0.4, 0.5) is 0 Å². The minimum Gasteiger partial charge on any atom is -0.312 e. The fraction of sp³-hybridized carbons (Fsp3) is 0.243. The molecule has 2 saturated heterocycles. The number of hydrogen-bond donors (Lipinski definition) is 0. The first kappa shape index (κ1) is 29.4. The van der Waals surface area contributed by atoms with Crippen molar-refractivity contribution in [3.8, 4) is 0 Å². The van der Waals surface area contributed by atoms with Gasteiger partial charge in [-0.2, -0.15) is 0 Å². The zero-order valence-electron chi connectivity index (χ0n) is 24.9. The molecule has 2 aliphatic heterocycles. The van der Waals surface area contributed by atoms with Crippen molar-refractivity contribution >= 4 is 60.3 Å². The second kappa shape index (κ2) is 13.0. The Morgan fingerprint density at radius 3 is 1.27 bits per heavy atom. The molecule has 0 bridgehead atoms. The molecule has 2 fully saturated rings. The van der Waals surface area contributed by atoms with Crippen LogP contribution in [0.2, 0.25) is 0 Å². The molecule has 8 heteroatoms. The van der Waals surface area contributed by atoms with Crippen molar-refractivity contribution in [2.45, 2.75) is 12.8 Å². The minimum absolute atomic E-state index is 0.336. The van der Waals surface area contributed by atoms with Crippen LogP contribution in [0, 0.1) is 5.41 Å². The fourth-order valence-electron chi connectivity index (χ4n) is 6.19. The molecule has 228 valence electrons. The molecule has 0 unspecified atom stereocenters. The second-order valence-electron chi connectivity index (χ2n) is 11.9. The van der Waals surface area contributed by atoms with E-state index in [9.17, 15) is 0 Å². The maximum absolute atomic E-state index is 6.05. The standard InChI is InChI=1S/C37H34O6P2/c1-3-9-31-21-35-27(11-5-13-33(35)19-29(31)7-1)15-17-38-44-40-23-37(24-41-44)25-42-45(43-26-37)39-18-16-28-12-6-14-34-20-30-8-2-4-10-32(30)22-36(28)34/h1-14,19-22H,15-18,23-26H2. The predicted octanol–water partition coefficient (Wildman–Crippen LogP) is 9.65. The monoisotopic (exact) mass is 636 g/mol. The normalized spacial score (nSPS) is 22.1. The number of fused-ring (bicyclic) bond motifs is 4. The Kier molecular flexibility index (Phi) is 8.49. The first-order valence-electron chi connectivity index (χ1n) is 15.4. The molecule has 2 aliphatic rings. The molecule has 6 nitrogen and oxygen atoms in total. The van der Waals surface area contributed by atoms with Crippen molar-refractivity contribution in [3.63, 3.8) is 0 Å². The zero-order chi connectivity index (χ0) is 30.1. The lowest BCUT2D eigenvalue weighted by Crippen LogP contribution is -2.44. The Balaban J connectivity index is 0.798. The molecule has 2 heterocycles. The largest absolute Gasteiger partial charge is 0.332 e. The van der Waals surface area contributed by atoms with Crippen molar-refractivity contribution in [2.24, 2.45) is 5.41 Å². The molecule has 6 aromatic rings. The van der Waals surface area contributed by atoms with Crippen LogP contribution in [0.3, 0.4) is 0 Å². The van der Waals surface area contributed by atoms with Crippen LogP contribution in [-0.2, 0) is 40.0 Å². The van der Waals surface area contributed by atoms with E-state index in [0.717, 1.165) is 12.8 Å². The summed E-state index contributed by atoms with van der Waals surface area (Å²) >= 11 is 0. The lowest BCUT2D eigenvalue weighted by atomic mass is 9.93. The number of rotatable bonds is 8. The molecule has 0 amide bonds. The number of benzene rings is 6. The van der Waals surface area contributed by atoms with Crippen molar-refractivity contribution in [3.05, 3.63) is 120 Å². The molecule has 0 N–H and O–H groups in total. The molecule has 8 rings (SSSR count). The fourth-order valence-corrected chi connectivity index (χ4v) is 8.64. The van der Waals surface area contributed by atoms with Gasteiger partial charge >= 0.3 is 17.2 Å². The van der Waals surface area contributed by atoms with E-state index < -0.39 is 17.2 Å². The van der Waals surface area contributed by atoms with Gasteiger partial charge in [-0.05, 0) is 91.3 Å². The van der Waals surface area contributed by atoms with E-state index >= 15 is 0 Å². The predicted molar refractivity (Wildman–Crippen MR) is 182 cm³/mol. The summed E-state index contributed by atoms with van der Waals surface area (Å²) in [6.07, 6.45) is 1.57. The van der Waals surface area contributed by atoms with Crippen molar-refractivity contribution in [1.29, 1.82) is 0 Å². The van der Waals surface area contributed by atoms with Gasteiger partial charge in [0.2, 0.25) is 0 Å². The summed E-state index contributed by atoms with van der Waals surface area (Å²) in [4.78, 5) is 0. The van der Waals surface area contributed by atoms with Gasteiger partial charge in [0, 0.05) is 0 Å². The van der Waals surface area contributed by atoms with Gasteiger partial charge < -0.3 is 27.1 Å². The minimum atomic E-state index is -1.40. The molecule has 0 saturated carbocycles. The first-order chi connectivity index (χ1) is 22.2. The van der Waals surface area contributed by atoms with Gasteiger partial charge in [0.1, 0.15) is 0 Å². The van der Waals surface area contributed by atoms with E-state index in [0.29, 0.717) is 39.6 Å². The third-order valence-electron chi connectivity index (χ3n) is 8.71. The van der Waals surface area contributed by atoms with Gasteiger partial charge in [0.15, 0.2) is 0 Å². The van der Waals surface area contributed by atoms with E-state index in [2.05, 4.69) is 109 Å². The van der Waals surface area contributed by atoms with Crippen LogP contribution in [0.25, 0.3) is 43.1 Å². The smallest absolute Gasteiger partial charge is 0.312 e. The van der Waals surface area contributed by atoms with Crippen LogP contribution >= 0.6 is 17.2 Å². The lowest BCUT2D eigenvalue weighted by molar-refractivity contribution is -0.0758. The van der Waals surface area contributed by atoms with Crippen LogP contribution in [-0.4, -0.2) is 39.6 Å². The summed E-state index contributed by atoms with van der Waals surface area (Å²) in [5, 5.41) is 10.0. The highest BCUT2D eigenvalue weighted by Crippen LogP contribution is 2.53. The zero-order valence-corrected chi connectivity index (χ0v) is 26.7. The third kappa shape index (κ3) is 6.36. The van der Waals surface area contributed by atoms with Crippen LogP contribution in [0.1, 0.15) is 11.1 Å². The van der Waals surface area contributed by atoms with Gasteiger partial charge in [0.25, 0.3) is 0 Å². The Morgan fingerprint density at radius 1 is 0.467 bits per heavy atom. The van der Waals surface area contributed by atoms with Crippen molar-refractivity contribution in [1.82, 2.24) is 0 Å². The summed E-state index contributed by atoms with van der Waals surface area (Å²) in [5.74, 6) is 0. The summed E-state index contributed by atoms with van der Waals surface area (Å²) < 4.78 is 36.2. The molecule has 0 atom stereocenters. The molecule has 0 aromatic heterocycles. The van der Waals surface area contributed by atoms with Crippen LogP contribution in [0.15, 0.2) is 109 Å². The lowest BCUT2D eigenvalue weighted by Gasteiger charge is -2.41. The maximum atomic E-state index is 6.05. The summed E-state index contributed by atoms with van der Waals surface area (Å²) in [5.41, 5.74) is 2.19. The van der Waals surface area contributed by atoms with E-state index in [1.807, 2.05) is 0 Å². The molecular formula is C37H34O6P2. The Hall–Kier alpha value is -3.02. The average Bonchev–Trinajstić information content (AvgIpc) is 3.08. The highest BCUT2D eigenvalue weighted by molar-refractivity contribution is 7.42. The topological polar surface area (TPSA) is 55.4 Å². The Bertz CT molecular complexity index is 1820. The SMILES string of the molecule is c1ccc2cc3c(CCOP4OCC5(CO4)COP(OCCc4cccc6cc7ccccc7cc46)OC5)cccc3cc2c1. The average molecular weight is 637 g/mol. The molecule has 6 aromatic carbocycles. The Morgan fingerprint density at radius 2 is 0.844 bits per heavy atom. The summed E-state index contributed by atoms with van der Waals surface area (Å²) in [6, 6.07) is 38.9. The third-order valence-corrected chi connectivity index (χ3v) is 10.9. The van der Waals surface area contributed by atoms with Crippen LogP contribution in [0.5, 0.6) is 0 Å². The van der Waals surface area contributed by atoms with E-state index in [1.54, 1.807) is 0 Å². The van der Waals surface area contributed by atoms with E-state index in [-0.39, 0.29) is 5.41 Å². The van der Waals surface area contributed by atoms with Gasteiger partial charge in [-0.1, -0.05) is 84.9 Å². The second-order valence-corrected chi connectivity index (χ2v) is 14.3. The highest BCUT2D eigenvalue weighted by Gasteiger charge is 2.44. The molecule has 0 aliphatic carbocycles. The van der Waals surface area contributed by atoms with Gasteiger partial charge in [-0.3, -0.25) is 0 Å². The quantitative estimate of drug-likeness (QED) is 0.123. The van der Waals surface area contributed by atoms with Gasteiger partial charge in [0.05, 0.1) is 45.1 Å². The van der Waals surface area contributed by atoms with Crippen molar-refractivity contribution < 1.29 is 27.1 Å². The molecular weight excluding hydrogens is 602 g/mol. The van der Waals surface area contributed by atoms with Crippen LogP contribution < -0.4 is 0 Å². The molecule has 1 spiro atoms. The van der Waals surface area contributed by atoms with Gasteiger partial charge in [-0.25, -0.2) is 0 Å². The van der Waals surface area contributed by atoms with Gasteiger partial charge in [-0.15, -0.1) is 0 Å². The van der Waals surface area contributed by atoms with Crippen molar-refractivity contribution in [2.75, 3.05) is 39.6 Å². The summed E-state index contributed by atoms with van der Waals surface area (Å²) in [7, 11) is -2.80. The molecule has 0 radical (unpaired) electrons.